The molecular formula is C11H23NO2. The van der Waals surface area contributed by atoms with Crippen molar-refractivity contribution in [2.45, 2.75) is 40.5 Å². The summed E-state index contributed by atoms with van der Waals surface area (Å²) in [6.07, 6.45) is 1.77. The lowest BCUT2D eigenvalue weighted by Gasteiger charge is -2.30. The summed E-state index contributed by atoms with van der Waals surface area (Å²) in [5, 5.41) is 8.86. The van der Waals surface area contributed by atoms with Crippen molar-refractivity contribution in [2.75, 3.05) is 19.7 Å². The number of amides is 1. The van der Waals surface area contributed by atoms with Gasteiger partial charge in [-0.2, -0.15) is 0 Å². The van der Waals surface area contributed by atoms with Crippen LogP contribution in [0.2, 0.25) is 0 Å². The Labute approximate surface area is 87.1 Å². The first kappa shape index (κ1) is 13.4. The van der Waals surface area contributed by atoms with Gasteiger partial charge in [0.2, 0.25) is 5.91 Å². The molecule has 0 spiro atoms. The maximum absolute atomic E-state index is 12.0. The Morgan fingerprint density at radius 2 is 1.86 bits per heavy atom. The molecule has 0 radical (unpaired) electrons. The Bertz CT molecular complexity index is 172. The number of aliphatic hydroxyl groups excluding tert-OH is 1. The van der Waals surface area contributed by atoms with Crippen LogP contribution in [0.4, 0.5) is 0 Å². The Morgan fingerprint density at radius 1 is 1.29 bits per heavy atom. The molecule has 0 bridgehead atoms. The maximum Gasteiger partial charge on any atom is 0.228 e. The van der Waals surface area contributed by atoms with Gasteiger partial charge in [0.1, 0.15) is 0 Å². The van der Waals surface area contributed by atoms with Gasteiger partial charge >= 0.3 is 0 Å². The van der Waals surface area contributed by atoms with Crippen molar-refractivity contribution in [3.05, 3.63) is 0 Å². The smallest absolute Gasteiger partial charge is 0.228 e. The molecule has 0 fully saturated rings. The lowest BCUT2D eigenvalue weighted by atomic mass is 9.88. The van der Waals surface area contributed by atoms with Gasteiger partial charge in [0.15, 0.2) is 0 Å². The Balaban J connectivity index is 4.41. The average Bonchev–Trinajstić information content (AvgIpc) is 2.16. The first-order chi connectivity index (χ1) is 6.49. The molecule has 14 heavy (non-hydrogen) atoms. The van der Waals surface area contributed by atoms with Crippen LogP contribution >= 0.6 is 0 Å². The summed E-state index contributed by atoms with van der Waals surface area (Å²) in [5.41, 5.74) is -0.301. The Morgan fingerprint density at radius 3 is 2.21 bits per heavy atom. The van der Waals surface area contributed by atoms with Crippen molar-refractivity contribution in [1.29, 1.82) is 0 Å². The standard InChI is InChI=1S/C11H23NO2/c1-5-7-12(8-9-13)10(14)11(3,4)6-2/h13H,5-9H2,1-4H3. The van der Waals surface area contributed by atoms with E-state index in [4.69, 9.17) is 5.11 Å². The summed E-state index contributed by atoms with van der Waals surface area (Å²) in [5.74, 6) is 0.149. The van der Waals surface area contributed by atoms with Crippen molar-refractivity contribution in [3.8, 4) is 0 Å². The number of hydrogen-bond acceptors (Lipinski definition) is 2. The van der Waals surface area contributed by atoms with Gasteiger partial charge in [0, 0.05) is 18.5 Å². The highest BCUT2D eigenvalue weighted by Crippen LogP contribution is 2.22. The molecule has 1 N–H and O–H groups in total. The van der Waals surface area contributed by atoms with Crippen LogP contribution in [0, 0.1) is 5.41 Å². The predicted octanol–water partition coefficient (Wildman–Crippen LogP) is 1.65. The van der Waals surface area contributed by atoms with E-state index in [0.29, 0.717) is 6.54 Å². The second kappa shape index (κ2) is 6.02. The highest BCUT2D eigenvalue weighted by atomic mass is 16.3. The zero-order chi connectivity index (χ0) is 11.2. The lowest BCUT2D eigenvalue weighted by molar-refractivity contribution is -0.141. The van der Waals surface area contributed by atoms with Crippen molar-refractivity contribution in [1.82, 2.24) is 4.90 Å². The number of hydrogen-bond donors (Lipinski definition) is 1. The molecule has 0 unspecified atom stereocenters. The van der Waals surface area contributed by atoms with Crippen LogP contribution in [0.3, 0.4) is 0 Å². The van der Waals surface area contributed by atoms with Crippen LogP contribution < -0.4 is 0 Å². The SMILES string of the molecule is CCCN(CCO)C(=O)C(C)(C)CC. The molecule has 0 aromatic rings. The predicted molar refractivity (Wildman–Crippen MR) is 58.0 cm³/mol. The molecule has 0 rings (SSSR count). The van der Waals surface area contributed by atoms with Gasteiger partial charge in [0.05, 0.1) is 6.61 Å². The number of carbonyl (C=O) groups is 1. The molecule has 0 saturated carbocycles. The third-order valence-electron chi connectivity index (χ3n) is 2.61. The van der Waals surface area contributed by atoms with Crippen molar-refractivity contribution in [2.24, 2.45) is 5.41 Å². The molecule has 0 aliphatic rings. The fraction of sp³-hybridized carbons (Fsp3) is 0.909. The van der Waals surface area contributed by atoms with E-state index in [1.807, 2.05) is 27.7 Å². The van der Waals surface area contributed by atoms with E-state index in [1.165, 1.54) is 0 Å². The van der Waals surface area contributed by atoms with E-state index in [-0.39, 0.29) is 17.9 Å². The minimum Gasteiger partial charge on any atom is -0.395 e. The summed E-state index contributed by atoms with van der Waals surface area (Å²) in [7, 11) is 0. The summed E-state index contributed by atoms with van der Waals surface area (Å²) in [6.45, 7) is 9.20. The molecule has 3 nitrogen and oxygen atoms in total. The van der Waals surface area contributed by atoms with E-state index < -0.39 is 0 Å². The summed E-state index contributed by atoms with van der Waals surface area (Å²) in [6, 6.07) is 0. The minimum atomic E-state index is -0.301. The molecule has 0 aromatic heterocycles. The summed E-state index contributed by atoms with van der Waals surface area (Å²) < 4.78 is 0. The first-order valence-electron chi connectivity index (χ1n) is 5.39. The van der Waals surface area contributed by atoms with E-state index in [2.05, 4.69) is 0 Å². The maximum atomic E-state index is 12.0. The summed E-state index contributed by atoms with van der Waals surface area (Å²) >= 11 is 0. The Hall–Kier alpha value is -0.570. The van der Waals surface area contributed by atoms with Crippen LogP contribution in [0.25, 0.3) is 0 Å². The van der Waals surface area contributed by atoms with Crippen LogP contribution in [0.1, 0.15) is 40.5 Å². The molecule has 0 atom stereocenters. The molecule has 0 aliphatic carbocycles. The van der Waals surface area contributed by atoms with E-state index in [0.717, 1.165) is 19.4 Å². The Kier molecular flexibility index (Phi) is 5.77. The van der Waals surface area contributed by atoms with Gasteiger partial charge in [-0.1, -0.05) is 27.7 Å². The number of rotatable bonds is 6. The number of nitrogens with zero attached hydrogens (tertiary/aromatic N) is 1. The van der Waals surface area contributed by atoms with Crippen molar-refractivity contribution >= 4 is 5.91 Å². The van der Waals surface area contributed by atoms with E-state index in [1.54, 1.807) is 4.90 Å². The molecule has 3 heteroatoms. The summed E-state index contributed by atoms with van der Waals surface area (Å²) in [4.78, 5) is 13.7. The van der Waals surface area contributed by atoms with Crippen LogP contribution in [-0.2, 0) is 4.79 Å². The van der Waals surface area contributed by atoms with E-state index in [9.17, 15) is 4.79 Å². The minimum absolute atomic E-state index is 0.0472. The molecule has 1 amide bonds. The van der Waals surface area contributed by atoms with Crippen LogP contribution in [0.15, 0.2) is 0 Å². The zero-order valence-corrected chi connectivity index (χ0v) is 9.84. The molecule has 0 aromatic carbocycles. The molecule has 84 valence electrons. The highest BCUT2D eigenvalue weighted by Gasteiger charge is 2.29. The average molecular weight is 201 g/mol. The van der Waals surface area contributed by atoms with Gasteiger partial charge in [-0.15, -0.1) is 0 Å². The van der Waals surface area contributed by atoms with Gasteiger partial charge in [-0.05, 0) is 12.8 Å². The molecular weight excluding hydrogens is 178 g/mol. The molecule has 0 saturated heterocycles. The largest absolute Gasteiger partial charge is 0.395 e. The van der Waals surface area contributed by atoms with Gasteiger partial charge in [0.25, 0.3) is 0 Å². The van der Waals surface area contributed by atoms with Crippen molar-refractivity contribution < 1.29 is 9.90 Å². The highest BCUT2D eigenvalue weighted by molar-refractivity contribution is 5.81. The van der Waals surface area contributed by atoms with Gasteiger partial charge < -0.3 is 10.0 Å². The third kappa shape index (κ3) is 3.66. The fourth-order valence-corrected chi connectivity index (χ4v) is 1.28. The normalized spacial score (nSPS) is 11.5. The van der Waals surface area contributed by atoms with Gasteiger partial charge in [-0.25, -0.2) is 0 Å². The van der Waals surface area contributed by atoms with Gasteiger partial charge in [-0.3, -0.25) is 4.79 Å². The quantitative estimate of drug-likeness (QED) is 0.710. The molecule has 0 aliphatic heterocycles. The van der Waals surface area contributed by atoms with Crippen LogP contribution in [0.5, 0.6) is 0 Å². The van der Waals surface area contributed by atoms with Crippen LogP contribution in [-0.4, -0.2) is 35.6 Å². The molecule has 0 heterocycles. The number of carbonyl (C=O) groups excluding carboxylic acids is 1. The second-order valence-corrected chi connectivity index (χ2v) is 4.25. The van der Waals surface area contributed by atoms with Crippen molar-refractivity contribution in [3.63, 3.8) is 0 Å². The topological polar surface area (TPSA) is 40.5 Å². The van der Waals surface area contributed by atoms with E-state index >= 15 is 0 Å². The third-order valence-corrected chi connectivity index (χ3v) is 2.61. The first-order valence-corrected chi connectivity index (χ1v) is 5.39. The lowest BCUT2D eigenvalue weighted by Crippen LogP contribution is -2.42. The second-order valence-electron chi connectivity index (χ2n) is 4.25. The monoisotopic (exact) mass is 201 g/mol. The number of aliphatic hydroxyl groups is 1. The fourth-order valence-electron chi connectivity index (χ4n) is 1.28. The zero-order valence-electron chi connectivity index (χ0n) is 9.84.